The molecule has 0 radical (unpaired) electrons. The van der Waals surface area contributed by atoms with Gasteiger partial charge < -0.3 is 4.74 Å². The minimum Gasteiger partial charge on any atom is -0.379 e. The van der Waals surface area contributed by atoms with Gasteiger partial charge in [-0.1, -0.05) is 0 Å². The second-order valence-corrected chi connectivity index (χ2v) is 11.1. The SMILES string of the molecule is Cc1cc(N2CCCCS2(=O)=O)cc(C)c1S(=O)(=O)NCCN1CCOCC1. The van der Waals surface area contributed by atoms with E-state index < -0.39 is 20.0 Å². The number of hydrogen-bond acceptors (Lipinski definition) is 6. The van der Waals surface area contributed by atoms with Crippen molar-refractivity contribution in [1.82, 2.24) is 9.62 Å². The van der Waals surface area contributed by atoms with Crippen molar-refractivity contribution in [2.75, 3.05) is 56.0 Å². The highest BCUT2D eigenvalue weighted by Gasteiger charge is 2.28. The number of nitrogens with one attached hydrogen (secondary N) is 1. The Hall–Kier alpha value is -1.20. The number of sulfonamides is 2. The minimum atomic E-state index is -3.67. The van der Waals surface area contributed by atoms with Crippen molar-refractivity contribution in [2.24, 2.45) is 0 Å². The van der Waals surface area contributed by atoms with Gasteiger partial charge in [0.05, 0.1) is 29.5 Å². The lowest BCUT2D eigenvalue weighted by molar-refractivity contribution is 0.0390. The third kappa shape index (κ3) is 4.85. The average Bonchev–Trinajstić information content (AvgIpc) is 2.61. The monoisotopic (exact) mass is 431 g/mol. The summed E-state index contributed by atoms with van der Waals surface area (Å²) < 4.78 is 59.8. The van der Waals surface area contributed by atoms with Crippen LogP contribution in [0.25, 0.3) is 0 Å². The van der Waals surface area contributed by atoms with Crippen LogP contribution in [0.2, 0.25) is 0 Å². The molecule has 1 aromatic rings. The zero-order chi connectivity index (χ0) is 20.4. The van der Waals surface area contributed by atoms with Crippen molar-refractivity contribution in [3.63, 3.8) is 0 Å². The highest BCUT2D eigenvalue weighted by molar-refractivity contribution is 7.92. The zero-order valence-corrected chi connectivity index (χ0v) is 18.1. The molecular weight excluding hydrogens is 402 g/mol. The number of benzene rings is 1. The highest BCUT2D eigenvalue weighted by Crippen LogP contribution is 2.30. The van der Waals surface area contributed by atoms with Crippen LogP contribution in [0.15, 0.2) is 17.0 Å². The molecule has 10 heteroatoms. The summed E-state index contributed by atoms with van der Waals surface area (Å²) in [5.41, 5.74) is 1.64. The molecule has 1 N–H and O–H groups in total. The quantitative estimate of drug-likeness (QED) is 0.717. The highest BCUT2D eigenvalue weighted by atomic mass is 32.2. The molecule has 2 heterocycles. The van der Waals surface area contributed by atoms with Gasteiger partial charge in [0.1, 0.15) is 0 Å². The number of anilines is 1. The summed E-state index contributed by atoms with van der Waals surface area (Å²) >= 11 is 0. The summed E-state index contributed by atoms with van der Waals surface area (Å²) in [7, 11) is -7.01. The predicted octanol–water partition coefficient (Wildman–Crippen LogP) is 0.844. The first-order chi connectivity index (χ1) is 13.2. The van der Waals surface area contributed by atoms with E-state index in [1.165, 1.54) is 4.31 Å². The van der Waals surface area contributed by atoms with E-state index in [2.05, 4.69) is 9.62 Å². The van der Waals surface area contributed by atoms with E-state index in [4.69, 9.17) is 4.74 Å². The molecule has 3 rings (SSSR count). The van der Waals surface area contributed by atoms with Crippen molar-refractivity contribution < 1.29 is 21.6 Å². The Bertz CT molecular complexity index is 886. The number of nitrogens with zero attached hydrogens (tertiary/aromatic N) is 2. The van der Waals surface area contributed by atoms with Crippen molar-refractivity contribution in [1.29, 1.82) is 0 Å². The first-order valence-corrected chi connectivity index (χ1v) is 12.7. The standard InChI is InChI=1S/C18H29N3O5S2/c1-15-13-17(21-6-3-4-12-27(21,22)23)14-16(2)18(15)28(24,25)19-5-7-20-8-10-26-11-9-20/h13-14,19H,3-12H2,1-2H3. The lowest BCUT2D eigenvalue weighted by Gasteiger charge is -2.29. The Balaban J connectivity index is 1.76. The number of aryl methyl sites for hydroxylation is 2. The Morgan fingerprint density at radius 2 is 1.71 bits per heavy atom. The van der Waals surface area contributed by atoms with Crippen LogP contribution in [-0.2, 0) is 24.8 Å². The number of rotatable bonds is 6. The van der Waals surface area contributed by atoms with Gasteiger partial charge in [0.2, 0.25) is 20.0 Å². The molecular formula is C18H29N3O5S2. The summed E-state index contributed by atoms with van der Waals surface area (Å²) in [5, 5.41) is 0. The summed E-state index contributed by atoms with van der Waals surface area (Å²) in [6.45, 7) is 7.77. The second-order valence-electron chi connectivity index (χ2n) is 7.36. The van der Waals surface area contributed by atoms with Gasteiger partial charge in [0, 0.05) is 32.7 Å². The average molecular weight is 432 g/mol. The maximum atomic E-state index is 12.8. The van der Waals surface area contributed by atoms with E-state index in [1.807, 2.05) is 0 Å². The third-order valence-electron chi connectivity index (χ3n) is 5.17. The van der Waals surface area contributed by atoms with E-state index in [0.29, 0.717) is 56.1 Å². The molecule has 2 saturated heterocycles. The molecule has 0 spiro atoms. The van der Waals surface area contributed by atoms with E-state index in [-0.39, 0.29) is 10.6 Å². The fourth-order valence-corrected chi connectivity index (χ4v) is 6.90. The second kappa shape index (κ2) is 8.66. The largest absolute Gasteiger partial charge is 0.379 e. The first kappa shape index (κ1) is 21.5. The van der Waals surface area contributed by atoms with Crippen LogP contribution in [0.4, 0.5) is 5.69 Å². The van der Waals surface area contributed by atoms with Crippen LogP contribution in [-0.4, -0.2) is 73.4 Å². The van der Waals surface area contributed by atoms with Crippen LogP contribution in [0.1, 0.15) is 24.0 Å². The van der Waals surface area contributed by atoms with E-state index >= 15 is 0 Å². The molecule has 0 bridgehead atoms. The molecule has 8 nitrogen and oxygen atoms in total. The molecule has 158 valence electrons. The summed E-state index contributed by atoms with van der Waals surface area (Å²) in [6.07, 6.45) is 1.47. The number of ether oxygens (including phenoxy) is 1. The Labute approximate surface area is 168 Å². The molecule has 28 heavy (non-hydrogen) atoms. The lowest BCUT2D eigenvalue weighted by atomic mass is 10.1. The van der Waals surface area contributed by atoms with Gasteiger partial charge in [-0.3, -0.25) is 9.21 Å². The number of hydrogen-bond donors (Lipinski definition) is 1. The van der Waals surface area contributed by atoms with E-state index in [0.717, 1.165) is 19.5 Å². The van der Waals surface area contributed by atoms with Crippen LogP contribution in [0.3, 0.4) is 0 Å². The van der Waals surface area contributed by atoms with Crippen molar-refractivity contribution >= 4 is 25.7 Å². The van der Waals surface area contributed by atoms with Crippen LogP contribution >= 0.6 is 0 Å². The Morgan fingerprint density at radius 1 is 1.07 bits per heavy atom. The van der Waals surface area contributed by atoms with Crippen molar-refractivity contribution in [3.8, 4) is 0 Å². The summed E-state index contributed by atoms with van der Waals surface area (Å²) in [5.74, 6) is 0.133. The fourth-order valence-electron chi connectivity index (χ4n) is 3.81. The normalized spacial score (nSPS) is 21.0. The van der Waals surface area contributed by atoms with Crippen molar-refractivity contribution in [3.05, 3.63) is 23.3 Å². The van der Waals surface area contributed by atoms with E-state index in [1.54, 1.807) is 26.0 Å². The Morgan fingerprint density at radius 3 is 2.32 bits per heavy atom. The van der Waals surface area contributed by atoms with Crippen LogP contribution < -0.4 is 9.03 Å². The molecule has 0 saturated carbocycles. The maximum absolute atomic E-state index is 12.8. The van der Waals surface area contributed by atoms with Crippen molar-refractivity contribution in [2.45, 2.75) is 31.6 Å². The van der Waals surface area contributed by atoms with Gasteiger partial charge in [-0.2, -0.15) is 0 Å². The summed E-state index contributed by atoms with van der Waals surface area (Å²) in [6, 6.07) is 3.32. The minimum absolute atomic E-state index is 0.133. The van der Waals surface area contributed by atoms with Crippen LogP contribution in [0.5, 0.6) is 0 Å². The zero-order valence-electron chi connectivity index (χ0n) is 16.5. The lowest BCUT2D eigenvalue weighted by Crippen LogP contribution is -2.41. The van der Waals surface area contributed by atoms with Gasteiger partial charge in [-0.15, -0.1) is 0 Å². The first-order valence-electron chi connectivity index (χ1n) is 9.62. The Kier molecular flexibility index (Phi) is 6.65. The molecule has 0 aliphatic carbocycles. The molecule has 2 aliphatic heterocycles. The van der Waals surface area contributed by atoms with Gasteiger partial charge in [0.15, 0.2) is 0 Å². The smallest absolute Gasteiger partial charge is 0.241 e. The molecule has 0 amide bonds. The molecule has 0 atom stereocenters. The third-order valence-corrected chi connectivity index (χ3v) is 8.81. The predicted molar refractivity (Wildman–Crippen MR) is 109 cm³/mol. The molecule has 2 fully saturated rings. The number of morpholine rings is 1. The van der Waals surface area contributed by atoms with Gasteiger partial charge >= 0.3 is 0 Å². The van der Waals surface area contributed by atoms with Gasteiger partial charge in [-0.25, -0.2) is 21.6 Å². The van der Waals surface area contributed by atoms with E-state index in [9.17, 15) is 16.8 Å². The van der Waals surface area contributed by atoms with Gasteiger partial charge in [0.25, 0.3) is 0 Å². The molecule has 0 aromatic heterocycles. The molecule has 1 aromatic carbocycles. The molecule has 2 aliphatic rings. The van der Waals surface area contributed by atoms with Gasteiger partial charge in [-0.05, 0) is 49.9 Å². The van der Waals surface area contributed by atoms with Crippen LogP contribution in [0, 0.1) is 13.8 Å². The maximum Gasteiger partial charge on any atom is 0.241 e. The fraction of sp³-hybridized carbons (Fsp3) is 0.667. The summed E-state index contributed by atoms with van der Waals surface area (Å²) in [4.78, 5) is 2.39. The molecule has 0 unspecified atom stereocenters. The topological polar surface area (TPSA) is 96.0 Å².